The molecule has 0 atom stereocenters. The zero-order chi connectivity index (χ0) is 17.2. The number of rotatable bonds is 9. The lowest BCUT2D eigenvalue weighted by molar-refractivity contribution is 0.262. The third-order valence-corrected chi connectivity index (χ3v) is 4.64. The van der Waals surface area contributed by atoms with Gasteiger partial charge in [-0.15, -0.1) is 10.2 Å². The molecule has 0 unspecified atom stereocenters. The van der Waals surface area contributed by atoms with Gasteiger partial charge in [-0.1, -0.05) is 68.1 Å². The average molecular weight is 347 g/mol. The van der Waals surface area contributed by atoms with E-state index >= 15 is 0 Å². The van der Waals surface area contributed by atoms with Crippen LogP contribution in [-0.4, -0.2) is 16.2 Å². The third-order valence-electron chi connectivity index (χ3n) is 3.74. The topological polar surface area (TPSA) is 66.9 Å². The highest BCUT2D eigenvalue weighted by atomic mass is 32.1. The molecule has 0 spiro atoms. The Hall–Kier alpha value is -1.95. The Kier molecular flexibility index (Phi) is 7.68. The normalized spacial score (nSPS) is 10.6. The van der Waals surface area contributed by atoms with Gasteiger partial charge in [0.1, 0.15) is 5.01 Å². The van der Waals surface area contributed by atoms with Crippen molar-refractivity contribution in [2.24, 2.45) is 0 Å². The zero-order valence-corrected chi connectivity index (χ0v) is 15.3. The maximum Gasteiger partial charge on any atom is 0.325 e. The molecule has 24 heavy (non-hydrogen) atoms. The first kappa shape index (κ1) is 18.4. The van der Waals surface area contributed by atoms with E-state index in [0.29, 0.717) is 5.13 Å². The molecule has 0 bridgehead atoms. The van der Waals surface area contributed by atoms with Crippen molar-refractivity contribution in [1.82, 2.24) is 10.2 Å². The summed E-state index contributed by atoms with van der Waals surface area (Å²) in [5, 5.41) is 15.2. The Bertz CT molecular complexity index is 624. The Morgan fingerprint density at radius 2 is 1.71 bits per heavy atom. The molecule has 2 aromatic rings. The molecule has 1 aromatic heterocycles. The molecule has 130 valence electrons. The second-order valence-corrected chi connectivity index (χ2v) is 7.03. The number of carbonyl (C=O) groups excluding carboxylic acids is 1. The van der Waals surface area contributed by atoms with E-state index in [-0.39, 0.29) is 6.03 Å². The van der Waals surface area contributed by atoms with Crippen molar-refractivity contribution in [3.8, 4) is 0 Å². The van der Waals surface area contributed by atoms with Crippen LogP contribution in [0.25, 0.3) is 0 Å². The van der Waals surface area contributed by atoms with Crippen LogP contribution in [0.1, 0.15) is 56.0 Å². The Balaban J connectivity index is 1.70. The molecular weight excluding hydrogens is 320 g/mol. The van der Waals surface area contributed by atoms with Crippen LogP contribution in [0.15, 0.2) is 24.3 Å². The number of nitrogens with one attached hydrogen (secondary N) is 2. The van der Waals surface area contributed by atoms with Gasteiger partial charge in [0.05, 0.1) is 0 Å². The van der Waals surface area contributed by atoms with E-state index in [0.717, 1.165) is 29.1 Å². The Morgan fingerprint density at radius 3 is 2.46 bits per heavy atom. The number of carbonyl (C=O) groups is 1. The molecule has 0 aliphatic rings. The van der Waals surface area contributed by atoms with E-state index in [4.69, 9.17) is 0 Å². The number of amides is 2. The first-order chi connectivity index (χ1) is 11.7. The molecule has 0 fully saturated rings. The van der Waals surface area contributed by atoms with Crippen molar-refractivity contribution >= 4 is 28.2 Å². The van der Waals surface area contributed by atoms with E-state index in [1.54, 1.807) is 0 Å². The number of nitrogens with zero attached hydrogens (tertiary/aromatic N) is 2. The monoisotopic (exact) mass is 346 g/mol. The number of hydrogen-bond acceptors (Lipinski definition) is 4. The second kappa shape index (κ2) is 10.0. The smallest absolute Gasteiger partial charge is 0.308 e. The molecule has 5 nitrogen and oxygen atoms in total. The molecule has 0 saturated carbocycles. The van der Waals surface area contributed by atoms with Gasteiger partial charge in [-0.05, 0) is 25.5 Å². The van der Waals surface area contributed by atoms with Crippen molar-refractivity contribution in [3.05, 3.63) is 34.8 Å². The Morgan fingerprint density at radius 1 is 1.00 bits per heavy atom. The second-order valence-electron chi connectivity index (χ2n) is 5.96. The number of aromatic nitrogens is 2. The molecule has 2 N–H and O–H groups in total. The van der Waals surface area contributed by atoms with Crippen molar-refractivity contribution in [1.29, 1.82) is 0 Å². The molecule has 0 saturated heterocycles. The fraction of sp³-hybridized carbons (Fsp3) is 0.500. The van der Waals surface area contributed by atoms with Gasteiger partial charge in [0.2, 0.25) is 5.13 Å². The standard InChI is InChI=1S/C18H26N4OS/c1-3-4-5-6-7-8-9-16-21-22-18(24-16)20-17(23)19-15-12-10-14(2)11-13-15/h10-13H,3-9H2,1-2H3,(H2,19,20,22,23). The van der Waals surface area contributed by atoms with Crippen molar-refractivity contribution in [2.45, 2.75) is 58.8 Å². The van der Waals surface area contributed by atoms with Gasteiger partial charge in [0, 0.05) is 12.1 Å². The SMILES string of the molecule is CCCCCCCCc1nnc(NC(=O)Nc2ccc(C)cc2)s1. The number of urea groups is 1. The largest absolute Gasteiger partial charge is 0.325 e. The molecule has 2 amide bonds. The first-order valence-corrected chi connectivity index (χ1v) is 9.46. The van der Waals surface area contributed by atoms with Gasteiger partial charge in [-0.25, -0.2) is 4.79 Å². The van der Waals surface area contributed by atoms with E-state index in [1.165, 1.54) is 43.4 Å². The number of aryl methyl sites for hydroxylation is 2. The maximum atomic E-state index is 12.0. The van der Waals surface area contributed by atoms with Crippen LogP contribution >= 0.6 is 11.3 Å². The predicted octanol–water partition coefficient (Wildman–Crippen LogP) is 5.39. The van der Waals surface area contributed by atoms with Gasteiger partial charge in [0.15, 0.2) is 0 Å². The van der Waals surface area contributed by atoms with Crippen LogP contribution < -0.4 is 10.6 Å². The molecule has 1 aromatic carbocycles. The summed E-state index contributed by atoms with van der Waals surface area (Å²) >= 11 is 1.45. The van der Waals surface area contributed by atoms with Gasteiger partial charge in [0.25, 0.3) is 0 Å². The van der Waals surface area contributed by atoms with Crippen LogP contribution in [0.2, 0.25) is 0 Å². The number of anilines is 2. The fourth-order valence-electron chi connectivity index (χ4n) is 2.36. The number of unbranched alkanes of at least 4 members (excludes halogenated alkanes) is 5. The Labute approximate surface area is 147 Å². The van der Waals surface area contributed by atoms with Crippen LogP contribution in [0.3, 0.4) is 0 Å². The summed E-state index contributed by atoms with van der Waals surface area (Å²) < 4.78 is 0. The summed E-state index contributed by atoms with van der Waals surface area (Å²) in [6.45, 7) is 4.24. The summed E-state index contributed by atoms with van der Waals surface area (Å²) in [6, 6.07) is 7.37. The summed E-state index contributed by atoms with van der Waals surface area (Å²) in [7, 11) is 0. The maximum absolute atomic E-state index is 12.0. The van der Waals surface area contributed by atoms with Gasteiger partial charge < -0.3 is 5.32 Å². The molecule has 6 heteroatoms. The average Bonchev–Trinajstić information content (AvgIpc) is 3.00. The highest BCUT2D eigenvalue weighted by molar-refractivity contribution is 7.15. The number of benzene rings is 1. The molecule has 0 aliphatic carbocycles. The highest BCUT2D eigenvalue weighted by Gasteiger charge is 2.08. The molecule has 0 aliphatic heterocycles. The van der Waals surface area contributed by atoms with Gasteiger partial charge in [-0.3, -0.25) is 5.32 Å². The van der Waals surface area contributed by atoms with Crippen LogP contribution in [-0.2, 0) is 6.42 Å². The predicted molar refractivity (Wildman–Crippen MR) is 101 cm³/mol. The molecule has 2 rings (SSSR count). The minimum absolute atomic E-state index is 0.291. The van der Waals surface area contributed by atoms with Crippen molar-refractivity contribution in [2.75, 3.05) is 10.6 Å². The molecule has 0 radical (unpaired) electrons. The fourth-order valence-corrected chi connectivity index (χ4v) is 3.13. The minimum Gasteiger partial charge on any atom is -0.308 e. The highest BCUT2D eigenvalue weighted by Crippen LogP contribution is 2.18. The third kappa shape index (κ3) is 6.66. The lowest BCUT2D eigenvalue weighted by Crippen LogP contribution is -2.19. The number of hydrogen-bond donors (Lipinski definition) is 2. The lowest BCUT2D eigenvalue weighted by atomic mass is 10.1. The van der Waals surface area contributed by atoms with E-state index in [1.807, 2.05) is 31.2 Å². The quantitative estimate of drug-likeness (QED) is 0.598. The van der Waals surface area contributed by atoms with Gasteiger partial charge >= 0.3 is 6.03 Å². The molecular formula is C18H26N4OS. The van der Waals surface area contributed by atoms with E-state index in [9.17, 15) is 4.79 Å². The lowest BCUT2D eigenvalue weighted by Gasteiger charge is -2.05. The van der Waals surface area contributed by atoms with Crippen molar-refractivity contribution < 1.29 is 4.79 Å². The summed E-state index contributed by atoms with van der Waals surface area (Å²) in [5.74, 6) is 0. The summed E-state index contributed by atoms with van der Waals surface area (Å²) in [5.41, 5.74) is 1.92. The van der Waals surface area contributed by atoms with Crippen molar-refractivity contribution in [3.63, 3.8) is 0 Å². The van der Waals surface area contributed by atoms with E-state index in [2.05, 4.69) is 27.8 Å². The summed E-state index contributed by atoms with van der Waals surface area (Å²) in [6.07, 6.45) is 8.50. The zero-order valence-electron chi connectivity index (χ0n) is 14.5. The molecule has 1 heterocycles. The van der Waals surface area contributed by atoms with Crippen LogP contribution in [0, 0.1) is 6.92 Å². The minimum atomic E-state index is -0.291. The summed E-state index contributed by atoms with van der Waals surface area (Å²) in [4.78, 5) is 12.0. The van der Waals surface area contributed by atoms with E-state index < -0.39 is 0 Å². The van der Waals surface area contributed by atoms with Crippen LogP contribution in [0.5, 0.6) is 0 Å². The van der Waals surface area contributed by atoms with Gasteiger partial charge in [-0.2, -0.15) is 0 Å². The van der Waals surface area contributed by atoms with Crippen LogP contribution in [0.4, 0.5) is 15.6 Å². The first-order valence-electron chi connectivity index (χ1n) is 8.64.